The van der Waals surface area contributed by atoms with Gasteiger partial charge in [0.2, 0.25) is 5.91 Å². The fourth-order valence-corrected chi connectivity index (χ4v) is 3.93. The molecule has 5 nitrogen and oxygen atoms in total. The van der Waals surface area contributed by atoms with E-state index in [1.807, 2.05) is 61.7 Å². The smallest absolute Gasteiger partial charge is 0.232 e. The summed E-state index contributed by atoms with van der Waals surface area (Å²) in [5.41, 5.74) is 5.95. The fourth-order valence-electron chi connectivity index (χ4n) is 3.27. The second-order valence-electron chi connectivity index (χ2n) is 6.95. The highest BCUT2D eigenvalue weighted by molar-refractivity contribution is 7.07. The average molecular weight is 411 g/mol. The summed E-state index contributed by atoms with van der Waals surface area (Å²) in [6, 6.07) is 13.1. The van der Waals surface area contributed by atoms with Crippen LogP contribution in [0.25, 0.3) is 22.6 Å². The summed E-state index contributed by atoms with van der Waals surface area (Å²) >= 11 is 7.51. The third kappa shape index (κ3) is 3.79. The minimum atomic E-state index is -0.264. The summed E-state index contributed by atoms with van der Waals surface area (Å²) in [4.78, 5) is 25.1. The lowest BCUT2D eigenvalue weighted by atomic mass is 9.87. The summed E-state index contributed by atoms with van der Waals surface area (Å²) in [6.45, 7) is 4.08. The van der Waals surface area contributed by atoms with Crippen LogP contribution < -0.4 is 5.32 Å². The Morgan fingerprint density at radius 2 is 1.96 bits per heavy atom. The van der Waals surface area contributed by atoms with Crippen LogP contribution in [-0.2, 0) is 4.79 Å². The number of amides is 1. The van der Waals surface area contributed by atoms with Gasteiger partial charge >= 0.3 is 0 Å². The maximum atomic E-state index is 13.0. The Labute approximate surface area is 171 Å². The zero-order chi connectivity index (χ0) is 19.7. The highest BCUT2D eigenvalue weighted by Gasteiger charge is 2.24. The Morgan fingerprint density at radius 3 is 2.64 bits per heavy atom. The molecule has 2 heterocycles. The van der Waals surface area contributed by atoms with E-state index in [9.17, 15) is 4.79 Å². The first kappa shape index (κ1) is 18.7. The first-order valence-corrected chi connectivity index (χ1v) is 10.3. The molecule has 0 aliphatic heterocycles. The first-order chi connectivity index (χ1) is 13.5. The molecule has 28 heavy (non-hydrogen) atoms. The molecule has 2 aromatic heterocycles. The van der Waals surface area contributed by atoms with Crippen molar-refractivity contribution in [3.8, 4) is 11.5 Å². The van der Waals surface area contributed by atoms with Crippen molar-refractivity contribution >= 4 is 45.6 Å². The van der Waals surface area contributed by atoms with Crippen molar-refractivity contribution in [2.24, 2.45) is 5.92 Å². The number of hydrogen-bond donors (Lipinski definition) is 2. The maximum Gasteiger partial charge on any atom is 0.232 e. The Bertz CT molecular complexity index is 1100. The van der Waals surface area contributed by atoms with E-state index < -0.39 is 0 Å². The number of anilines is 1. The van der Waals surface area contributed by atoms with E-state index in [0.29, 0.717) is 5.02 Å². The maximum absolute atomic E-state index is 13.0. The molecule has 2 aromatic carbocycles. The van der Waals surface area contributed by atoms with Gasteiger partial charge in [-0.2, -0.15) is 0 Å². The summed E-state index contributed by atoms with van der Waals surface area (Å²) in [7, 11) is 0. The Balaban J connectivity index is 1.59. The summed E-state index contributed by atoms with van der Waals surface area (Å²) in [6.07, 6.45) is 0. The van der Waals surface area contributed by atoms with Gasteiger partial charge in [-0.05, 0) is 41.8 Å². The zero-order valence-corrected chi connectivity index (χ0v) is 17.0. The summed E-state index contributed by atoms with van der Waals surface area (Å²) in [5, 5.41) is 5.64. The minimum absolute atomic E-state index is 0.0455. The predicted molar refractivity (Wildman–Crippen MR) is 115 cm³/mol. The van der Waals surface area contributed by atoms with Crippen molar-refractivity contribution in [2.75, 3.05) is 5.32 Å². The molecule has 0 fully saturated rings. The topological polar surface area (TPSA) is 70.7 Å². The molecule has 0 spiro atoms. The van der Waals surface area contributed by atoms with Crippen molar-refractivity contribution in [3.05, 3.63) is 63.9 Å². The van der Waals surface area contributed by atoms with Gasteiger partial charge in [0.15, 0.2) is 5.82 Å². The third-order valence-electron chi connectivity index (χ3n) is 4.60. The zero-order valence-electron chi connectivity index (χ0n) is 15.4. The quantitative estimate of drug-likeness (QED) is 0.442. The minimum Gasteiger partial charge on any atom is -0.337 e. The molecule has 1 unspecified atom stereocenters. The number of aromatic nitrogens is 3. The standard InChI is InChI=1S/C21H19ClN4OS/c1-12(2)19(13-3-5-14(22)6-4-13)21(27)24-15-7-8-16-17(9-15)26-20(25-16)18-10-28-11-23-18/h3-12,19H,1-2H3,(H,24,27)(H,25,26). The van der Waals surface area contributed by atoms with E-state index in [4.69, 9.17) is 11.6 Å². The Kier molecular flexibility index (Phi) is 5.15. The molecular formula is C21H19ClN4OS. The number of nitrogens with zero attached hydrogens (tertiary/aromatic N) is 2. The highest BCUT2D eigenvalue weighted by Crippen LogP contribution is 2.28. The lowest BCUT2D eigenvalue weighted by molar-refractivity contribution is -0.118. The second kappa shape index (κ2) is 7.73. The van der Waals surface area contributed by atoms with Crippen LogP contribution >= 0.6 is 22.9 Å². The molecule has 1 atom stereocenters. The monoisotopic (exact) mass is 410 g/mol. The van der Waals surface area contributed by atoms with Crippen LogP contribution in [0, 0.1) is 5.92 Å². The summed E-state index contributed by atoms with van der Waals surface area (Å²) < 4.78 is 0. The third-order valence-corrected chi connectivity index (χ3v) is 5.44. The molecule has 4 aromatic rings. The number of carbonyl (C=O) groups excluding carboxylic acids is 1. The van der Waals surface area contributed by atoms with Crippen LogP contribution in [0.15, 0.2) is 53.4 Å². The lowest BCUT2D eigenvalue weighted by Crippen LogP contribution is -2.25. The van der Waals surface area contributed by atoms with Gasteiger partial charge in [0, 0.05) is 16.1 Å². The number of nitrogens with one attached hydrogen (secondary N) is 2. The van der Waals surface area contributed by atoms with E-state index in [1.165, 1.54) is 11.3 Å². The fraction of sp³-hybridized carbons (Fsp3) is 0.190. The Hall–Kier alpha value is -2.70. The molecule has 0 saturated carbocycles. The van der Waals surface area contributed by atoms with E-state index in [1.54, 1.807) is 5.51 Å². The molecule has 0 aliphatic rings. The number of carbonyl (C=O) groups is 1. The van der Waals surface area contributed by atoms with Gasteiger partial charge in [-0.25, -0.2) is 9.97 Å². The number of fused-ring (bicyclic) bond motifs is 1. The molecule has 0 aliphatic carbocycles. The van der Waals surface area contributed by atoms with Gasteiger partial charge in [0.25, 0.3) is 0 Å². The van der Waals surface area contributed by atoms with Crippen LogP contribution in [0.5, 0.6) is 0 Å². The molecule has 1 amide bonds. The second-order valence-corrected chi connectivity index (χ2v) is 8.11. The van der Waals surface area contributed by atoms with Gasteiger partial charge in [0.1, 0.15) is 5.69 Å². The number of aromatic amines is 1. The van der Waals surface area contributed by atoms with Crippen LogP contribution in [0.3, 0.4) is 0 Å². The van der Waals surface area contributed by atoms with Crippen molar-refractivity contribution in [1.29, 1.82) is 0 Å². The van der Waals surface area contributed by atoms with Crippen molar-refractivity contribution in [2.45, 2.75) is 19.8 Å². The van der Waals surface area contributed by atoms with Crippen molar-refractivity contribution in [3.63, 3.8) is 0 Å². The molecule has 2 N–H and O–H groups in total. The van der Waals surface area contributed by atoms with Gasteiger partial charge in [-0.1, -0.05) is 37.6 Å². The highest BCUT2D eigenvalue weighted by atomic mass is 35.5. The van der Waals surface area contributed by atoms with Gasteiger partial charge < -0.3 is 10.3 Å². The molecule has 0 bridgehead atoms. The van der Waals surface area contributed by atoms with Crippen LogP contribution in [0.1, 0.15) is 25.3 Å². The van der Waals surface area contributed by atoms with E-state index in [0.717, 1.165) is 33.8 Å². The number of imidazole rings is 1. The van der Waals surface area contributed by atoms with Crippen molar-refractivity contribution < 1.29 is 4.79 Å². The lowest BCUT2D eigenvalue weighted by Gasteiger charge is -2.21. The SMILES string of the molecule is CC(C)C(C(=O)Nc1ccc2nc(-c3cscn3)[nH]c2c1)c1ccc(Cl)cc1. The van der Waals surface area contributed by atoms with Gasteiger partial charge in [0.05, 0.1) is 22.5 Å². The van der Waals surface area contributed by atoms with E-state index in [-0.39, 0.29) is 17.7 Å². The van der Waals surface area contributed by atoms with Crippen LogP contribution in [-0.4, -0.2) is 20.9 Å². The Morgan fingerprint density at radius 1 is 1.18 bits per heavy atom. The number of halogens is 1. The van der Waals surface area contributed by atoms with Crippen LogP contribution in [0.2, 0.25) is 5.02 Å². The number of thiazole rings is 1. The molecule has 142 valence electrons. The largest absolute Gasteiger partial charge is 0.337 e. The molecule has 4 rings (SSSR count). The average Bonchev–Trinajstić information content (AvgIpc) is 3.32. The number of rotatable bonds is 5. The summed E-state index contributed by atoms with van der Waals surface area (Å²) in [5.74, 6) is 0.561. The molecule has 0 saturated heterocycles. The van der Waals surface area contributed by atoms with E-state index >= 15 is 0 Å². The number of benzene rings is 2. The first-order valence-electron chi connectivity index (χ1n) is 8.96. The van der Waals surface area contributed by atoms with E-state index in [2.05, 4.69) is 20.3 Å². The van der Waals surface area contributed by atoms with Gasteiger partial charge in [-0.3, -0.25) is 4.79 Å². The number of hydrogen-bond acceptors (Lipinski definition) is 4. The molecule has 0 radical (unpaired) electrons. The van der Waals surface area contributed by atoms with Crippen LogP contribution in [0.4, 0.5) is 5.69 Å². The number of H-pyrrole nitrogens is 1. The van der Waals surface area contributed by atoms with Crippen molar-refractivity contribution in [1.82, 2.24) is 15.0 Å². The molecule has 7 heteroatoms. The normalized spacial score (nSPS) is 12.4. The van der Waals surface area contributed by atoms with Gasteiger partial charge in [-0.15, -0.1) is 11.3 Å². The molecular weight excluding hydrogens is 392 g/mol. The predicted octanol–water partition coefficient (Wildman–Crippen LogP) is 5.72.